The third-order valence-corrected chi connectivity index (χ3v) is 2.17. The van der Waals surface area contributed by atoms with E-state index in [0.717, 1.165) is 6.42 Å². The molecule has 98 valence electrons. The van der Waals surface area contributed by atoms with E-state index < -0.39 is 5.97 Å². The molecule has 0 aliphatic carbocycles. The van der Waals surface area contributed by atoms with Crippen molar-refractivity contribution in [3.05, 3.63) is 29.8 Å². The molecule has 0 radical (unpaired) electrons. The molecule has 18 heavy (non-hydrogen) atoms. The van der Waals surface area contributed by atoms with Crippen LogP contribution in [0, 0.1) is 0 Å². The minimum Gasteiger partial charge on any atom is -0.494 e. The highest BCUT2D eigenvalue weighted by Gasteiger charge is 2.15. The second kappa shape index (κ2) is 7.32. The average Bonchev–Trinajstić information content (AvgIpc) is 2.39. The first-order valence-electron chi connectivity index (χ1n) is 5.85. The van der Waals surface area contributed by atoms with Gasteiger partial charge < -0.3 is 14.7 Å². The number of rotatable bonds is 6. The zero-order valence-corrected chi connectivity index (χ0v) is 10.5. The number of oxime groups is 1. The van der Waals surface area contributed by atoms with Crippen LogP contribution in [-0.2, 0) is 9.53 Å². The van der Waals surface area contributed by atoms with E-state index in [4.69, 9.17) is 14.7 Å². The Morgan fingerprint density at radius 2 is 1.94 bits per heavy atom. The number of benzene rings is 1. The third-order valence-electron chi connectivity index (χ3n) is 2.17. The van der Waals surface area contributed by atoms with Crippen LogP contribution in [0.15, 0.2) is 29.4 Å². The van der Waals surface area contributed by atoms with E-state index in [1.54, 1.807) is 31.2 Å². The molecule has 0 amide bonds. The van der Waals surface area contributed by atoms with Crippen LogP contribution in [0.3, 0.4) is 0 Å². The minimum atomic E-state index is -0.651. The predicted octanol–water partition coefficient (Wildman–Crippen LogP) is 2.22. The number of ether oxygens (including phenoxy) is 2. The molecule has 0 bridgehead atoms. The van der Waals surface area contributed by atoms with Crippen LogP contribution in [0.2, 0.25) is 0 Å². The maximum absolute atomic E-state index is 11.5. The van der Waals surface area contributed by atoms with Gasteiger partial charge in [0.1, 0.15) is 5.75 Å². The van der Waals surface area contributed by atoms with Gasteiger partial charge in [-0.3, -0.25) is 0 Å². The van der Waals surface area contributed by atoms with Gasteiger partial charge in [-0.1, -0.05) is 12.1 Å². The number of nitrogens with zero attached hydrogens (tertiary/aromatic N) is 1. The minimum absolute atomic E-state index is 0.112. The van der Waals surface area contributed by atoms with Gasteiger partial charge in [-0.25, -0.2) is 4.79 Å². The fourth-order valence-electron chi connectivity index (χ4n) is 1.34. The highest BCUT2D eigenvalue weighted by Crippen LogP contribution is 2.13. The van der Waals surface area contributed by atoms with Gasteiger partial charge in [0.25, 0.3) is 0 Å². The molecule has 1 N–H and O–H groups in total. The lowest BCUT2D eigenvalue weighted by molar-refractivity contribution is -0.135. The average molecular weight is 251 g/mol. The summed E-state index contributed by atoms with van der Waals surface area (Å²) in [6.07, 6.45) is 0.925. The number of hydrogen-bond donors (Lipinski definition) is 1. The zero-order chi connectivity index (χ0) is 13.4. The lowest BCUT2D eigenvalue weighted by atomic mass is 10.1. The first-order chi connectivity index (χ1) is 8.72. The van der Waals surface area contributed by atoms with Crippen LogP contribution >= 0.6 is 0 Å². The molecule has 0 spiro atoms. The highest BCUT2D eigenvalue weighted by atomic mass is 16.5. The van der Waals surface area contributed by atoms with E-state index in [1.807, 2.05) is 6.92 Å². The quantitative estimate of drug-likeness (QED) is 0.364. The summed E-state index contributed by atoms with van der Waals surface area (Å²) in [5.74, 6) is 0.0592. The fraction of sp³-hybridized carbons (Fsp3) is 0.385. The molecule has 5 nitrogen and oxygen atoms in total. The maximum Gasteiger partial charge on any atom is 0.361 e. The van der Waals surface area contributed by atoms with E-state index >= 15 is 0 Å². The van der Waals surface area contributed by atoms with Crippen LogP contribution in [0.4, 0.5) is 0 Å². The standard InChI is InChI=1S/C13H17NO4/c1-3-9-18-11-7-5-10(6-8-11)12(14-16)13(15)17-4-2/h5-8,16H,3-4,9H2,1-2H3/b14-12+. The Balaban J connectivity index is 2.79. The van der Waals surface area contributed by atoms with E-state index in [9.17, 15) is 4.79 Å². The summed E-state index contributed by atoms with van der Waals surface area (Å²) in [7, 11) is 0. The monoisotopic (exact) mass is 251 g/mol. The van der Waals surface area contributed by atoms with Crippen LogP contribution in [0.5, 0.6) is 5.75 Å². The summed E-state index contributed by atoms with van der Waals surface area (Å²) < 4.78 is 10.2. The van der Waals surface area contributed by atoms with E-state index in [1.165, 1.54) is 0 Å². The Bertz CT molecular complexity index is 412. The van der Waals surface area contributed by atoms with Gasteiger partial charge in [-0.15, -0.1) is 0 Å². The van der Waals surface area contributed by atoms with Crippen molar-refractivity contribution in [3.8, 4) is 5.75 Å². The summed E-state index contributed by atoms with van der Waals surface area (Å²) in [5, 5.41) is 11.8. The Hall–Kier alpha value is -2.04. The van der Waals surface area contributed by atoms with Gasteiger partial charge in [-0.2, -0.15) is 0 Å². The first kappa shape index (κ1) is 14.0. The largest absolute Gasteiger partial charge is 0.494 e. The van der Waals surface area contributed by atoms with Gasteiger partial charge in [-0.05, 0) is 37.6 Å². The molecule has 1 rings (SSSR count). The molecular formula is C13H17NO4. The van der Waals surface area contributed by atoms with E-state index in [-0.39, 0.29) is 12.3 Å². The highest BCUT2D eigenvalue weighted by molar-refractivity contribution is 6.43. The van der Waals surface area contributed by atoms with Crippen molar-refractivity contribution in [2.45, 2.75) is 20.3 Å². The molecule has 0 saturated heterocycles. The van der Waals surface area contributed by atoms with Crippen molar-refractivity contribution < 1.29 is 19.5 Å². The normalized spacial score (nSPS) is 11.1. The van der Waals surface area contributed by atoms with Gasteiger partial charge >= 0.3 is 5.97 Å². The molecule has 0 fully saturated rings. The van der Waals surface area contributed by atoms with Gasteiger partial charge in [0, 0.05) is 5.56 Å². The molecule has 0 aliphatic rings. The Morgan fingerprint density at radius 1 is 1.28 bits per heavy atom. The van der Waals surface area contributed by atoms with Crippen LogP contribution in [0.1, 0.15) is 25.8 Å². The topological polar surface area (TPSA) is 68.1 Å². The molecule has 0 atom stereocenters. The van der Waals surface area contributed by atoms with Crippen molar-refractivity contribution in [2.24, 2.45) is 5.16 Å². The van der Waals surface area contributed by atoms with Crippen LogP contribution < -0.4 is 4.74 Å². The zero-order valence-electron chi connectivity index (χ0n) is 10.5. The number of carbonyl (C=O) groups is 1. The van der Waals surface area contributed by atoms with Crippen LogP contribution in [0.25, 0.3) is 0 Å². The molecule has 0 aromatic heterocycles. The number of esters is 1. The molecule has 5 heteroatoms. The molecule has 0 saturated carbocycles. The second-order valence-electron chi connectivity index (χ2n) is 3.54. The second-order valence-corrected chi connectivity index (χ2v) is 3.54. The SMILES string of the molecule is CCCOc1ccc(/C(=N\O)C(=O)OCC)cc1. The molecule has 0 aliphatic heterocycles. The lowest BCUT2D eigenvalue weighted by Crippen LogP contribution is -2.18. The molecular weight excluding hydrogens is 234 g/mol. The van der Waals surface area contributed by atoms with Crippen molar-refractivity contribution in [1.82, 2.24) is 0 Å². The molecule has 0 unspecified atom stereocenters. The van der Waals surface area contributed by atoms with Crippen molar-refractivity contribution in [2.75, 3.05) is 13.2 Å². The Labute approximate surface area is 106 Å². The fourth-order valence-corrected chi connectivity index (χ4v) is 1.34. The van der Waals surface area contributed by atoms with Gasteiger partial charge in [0.05, 0.1) is 13.2 Å². The summed E-state index contributed by atoms with van der Waals surface area (Å²) in [6.45, 7) is 4.58. The summed E-state index contributed by atoms with van der Waals surface area (Å²) in [4.78, 5) is 11.5. The van der Waals surface area contributed by atoms with Gasteiger partial charge in [0.15, 0.2) is 5.71 Å². The third kappa shape index (κ3) is 3.76. The summed E-state index contributed by atoms with van der Waals surface area (Å²) >= 11 is 0. The number of hydrogen-bond acceptors (Lipinski definition) is 5. The van der Waals surface area contributed by atoms with E-state index in [2.05, 4.69) is 5.16 Å². The van der Waals surface area contributed by atoms with Crippen molar-refractivity contribution in [1.29, 1.82) is 0 Å². The van der Waals surface area contributed by atoms with Gasteiger partial charge in [0.2, 0.25) is 0 Å². The summed E-state index contributed by atoms with van der Waals surface area (Å²) in [5.41, 5.74) is 0.374. The predicted molar refractivity (Wildman–Crippen MR) is 67.2 cm³/mol. The Kier molecular flexibility index (Phi) is 5.70. The molecule has 1 aromatic rings. The lowest BCUT2D eigenvalue weighted by Gasteiger charge is -2.06. The van der Waals surface area contributed by atoms with E-state index in [0.29, 0.717) is 17.9 Å². The van der Waals surface area contributed by atoms with Crippen molar-refractivity contribution in [3.63, 3.8) is 0 Å². The van der Waals surface area contributed by atoms with Crippen molar-refractivity contribution >= 4 is 11.7 Å². The molecule has 1 aromatic carbocycles. The van der Waals surface area contributed by atoms with Crippen LogP contribution in [-0.4, -0.2) is 30.1 Å². The smallest absolute Gasteiger partial charge is 0.361 e. The number of carbonyl (C=O) groups excluding carboxylic acids is 1. The molecule has 0 heterocycles. The summed E-state index contributed by atoms with van der Waals surface area (Å²) in [6, 6.07) is 6.73. The Morgan fingerprint density at radius 3 is 2.44 bits per heavy atom. The maximum atomic E-state index is 11.5. The first-order valence-corrected chi connectivity index (χ1v) is 5.85.